The van der Waals surface area contributed by atoms with Crippen molar-refractivity contribution in [3.05, 3.63) is 61.2 Å². The van der Waals surface area contributed by atoms with E-state index in [0.29, 0.717) is 36.2 Å². The molecule has 0 N–H and O–H groups in total. The van der Waals surface area contributed by atoms with Gasteiger partial charge in [0.2, 0.25) is 12.7 Å². The molecular weight excluding hydrogens is 637 g/mol. The van der Waals surface area contributed by atoms with Crippen LogP contribution in [-0.2, 0) is 32.9 Å². The Morgan fingerprint density at radius 2 is 1.09 bits per heavy atom. The number of anilines is 2. The standard InChI is InChI=1S/C28H38N10O4S3/c1-5-37(25-13-9-23(10-14-25)31-33-27-35(3)21-29-43-27)17-7-19-41-45(39,40)42-20-8-18-38(6-2)26-15-11-24(12-16-26)32-34-28-36(4)22-30-44-28/h9-16,21-22H,5-8,17-20H2,1-4H3/q+2. The molecule has 0 saturated heterocycles. The molecule has 0 saturated carbocycles. The summed E-state index contributed by atoms with van der Waals surface area (Å²) in [6, 6.07) is 15.4. The SMILES string of the molecule is CCN(CCCOS(=O)(=O)OCCCN(CC)c1ccc(/N=N/c2snc[n+]2C)cc1)c1ccc(/N=N/c2snc[n+]2C)cc1. The van der Waals surface area contributed by atoms with Crippen LogP contribution in [0.1, 0.15) is 26.7 Å². The van der Waals surface area contributed by atoms with E-state index < -0.39 is 10.4 Å². The summed E-state index contributed by atoms with van der Waals surface area (Å²) in [6.07, 6.45) is 4.40. The normalized spacial score (nSPS) is 12.0. The molecule has 14 nitrogen and oxygen atoms in total. The fraction of sp³-hybridized carbons (Fsp3) is 0.429. The molecule has 0 aliphatic rings. The molecule has 0 spiro atoms. The van der Waals surface area contributed by atoms with Crippen LogP contribution in [0.15, 0.2) is 81.6 Å². The average Bonchev–Trinajstić information content (AvgIpc) is 3.66. The van der Waals surface area contributed by atoms with Crippen molar-refractivity contribution in [1.29, 1.82) is 0 Å². The largest absolute Gasteiger partial charge is 0.399 e. The van der Waals surface area contributed by atoms with Crippen molar-refractivity contribution in [2.24, 2.45) is 34.6 Å². The third-order valence-corrected chi connectivity index (χ3v) is 8.98. The predicted octanol–water partition coefficient (Wildman–Crippen LogP) is 5.49. The van der Waals surface area contributed by atoms with Crippen molar-refractivity contribution in [2.45, 2.75) is 26.7 Å². The molecule has 0 radical (unpaired) electrons. The number of hydrogen-bond acceptors (Lipinski definition) is 14. The summed E-state index contributed by atoms with van der Waals surface area (Å²) in [6.45, 7) is 6.91. The van der Waals surface area contributed by atoms with Crippen LogP contribution >= 0.6 is 23.1 Å². The Bertz CT molecular complexity index is 1530. The maximum absolute atomic E-state index is 12.3. The molecule has 2 aromatic carbocycles. The Kier molecular flexibility index (Phi) is 12.9. The van der Waals surface area contributed by atoms with Gasteiger partial charge in [-0.1, -0.05) is 10.2 Å². The highest BCUT2D eigenvalue weighted by molar-refractivity contribution is 7.81. The number of benzene rings is 2. The van der Waals surface area contributed by atoms with E-state index in [4.69, 9.17) is 8.37 Å². The van der Waals surface area contributed by atoms with Crippen LogP contribution in [0.3, 0.4) is 0 Å². The van der Waals surface area contributed by atoms with Crippen molar-refractivity contribution < 1.29 is 25.9 Å². The Hall–Kier alpha value is -3.77. The summed E-state index contributed by atoms with van der Waals surface area (Å²) < 4.78 is 46.5. The molecule has 4 aromatic rings. The van der Waals surface area contributed by atoms with Gasteiger partial charge in [0.05, 0.1) is 27.3 Å². The summed E-state index contributed by atoms with van der Waals surface area (Å²) in [5, 5.41) is 18.4. The topological polar surface area (TPSA) is 142 Å². The fourth-order valence-corrected chi connectivity index (χ4v) is 5.94. The molecule has 0 aliphatic heterocycles. The summed E-state index contributed by atoms with van der Waals surface area (Å²) >= 11 is 2.55. The first-order chi connectivity index (χ1) is 21.8. The Labute approximate surface area is 272 Å². The van der Waals surface area contributed by atoms with Gasteiger partial charge in [0, 0.05) is 47.8 Å². The lowest BCUT2D eigenvalue weighted by molar-refractivity contribution is -0.656. The highest BCUT2D eigenvalue weighted by atomic mass is 32.3. The van der Waals surface area contributed by atoms with E-state index in [1.54, 1.807) is 21.8 Å². The maximum atomic E-state index is 12.3. The van der Waals surface area contributed by atoms with Crippen molar-refractivity contribution in [3.63, 3.8) is 0 Å². The molecule has 240 valence electrons. The molecule has 2 aromatic heterocycles. The molecule has 0 atom stereocenters. The van der Waals surface area contributed by atoms with E-state index in [1.807, 2.05) is 76.5 Å². The van der Waals surface area contributed by atoms with E-state index in [-0.39, 0.29) is 13.2 Å². The second kappa shape index (κ2) is 17.1. The monoisotopic (exact) mass is 674 g/mol. The minimum Gasteiger partial charge on any atom is -0.372 e. The van der Waals surface area contributed by atoms with Gasteiger partial charge in [0.1, 0.15) is 34.4 Å². The molecule has 45 heavy (non-hydrogen) atoms. The van der Waals surface area contributed by atoms with Gasteiger partial charge in [-0.15, -0.1) is 0 Å². The zero-order valence-corrected chi connectivity index (χ0v) is 28.2. The van der Waals surface area contributed by atoms with Gasteiger partial charge in [0.15, 0.2) is 0 Å². The summed E-state index contributed by atoms with van der Waals surface area (Å²) in [4.78, 5) is 4.27. The quantitative estimate of drug-likeness (QED) is 0.0766. The van der Waals surface area contributed by atoms with E-state index in [2.05, 4.69) is 39.0 Å². The Morgan fingerprint density at radius 3 is 1.42 bits per heavy atom. The number of aromatic nitrogens is 4. The van der Waals surface area contributed by atoms with E-state index in [0.717, 1.165) is 35.8 Å². The molecule has 4 rings (SSSR count). The maximum Gasteiger partial charge on any atom is 0.399 e. The first-order valence-corrected chi connectivity index (χ1v) is 17.3. The van der Waals surface area contributed by atoms with E-state index in [9.17, 15) is 8.42 Å². The summed E-state index contributed by atoms with van der Waals surface area (Å²) in [7, 11) is -0.348. The lowest BCUT2D eigenvalue weighted by Crippen LogP contribution is -2.26. The lowest BCUT2D eigenvalue weighted by atomic mass is 10.2. The van der Waals surface area contributed by atoms with Crippen molar-refractivity contribution in [3.8, 4) is 0 Å². The highest BCUT2D eigenvalue weighted by Gasteiger charge is 2.14. The number of rotatable bonds is 18. The summed E-state index contributed by atoms with van der Waals surface area (Å²) in [5.74, 6) is 0. The highest BCUT2D eigenvalue weighted by Crippen LogP contribution is 2.24. The molecule has 17 heteroatoms. The van der Waals surface area contributed by atoms with Crippen molar-refractivity contribution in [1.82, 2.24) is 8.75 Å². The Morgan fingerprint density at radius 1 is 0.689 bits per heavy atom. The molecule has 0 fully saturated rings. The van der Waals surface area contributed by atoms with Gasteiger partial charge in [-0.25, -0.2) is 17.5 Å². The van der Waals surface area contributed by atoms with Crippen LogP contribution in [0.2, 0.25) is 0 Å². The number of nitrogens with zero attached hydrogens (tertiary/aromatic N) is 10. The average molecular weight is 675 g/mol. The van der Waals surface area contributed by atoms with Gasteiger partial charge in [0.25, 0.3) is 0 Å². The molecule has 0 unspecified atom stereocenters. The predicted molar refractivity (Wildman–Crippen MR) is 174 cm³/mol. The van der Waals surface area contributed by atoms with Crippen LogP contribution in [0, 0.1) is 0 Å². The fourth-order valence-electron chi connectivity index (χ4n) is 4.16. The molecule has 0 aliphatic carbocycles. The third-order valence-electron chi connectivity index (χ3n) is 6.61. The zero-order chi connectivity index (χ0) is 32.1. The van der Waals surface area contributed by atoms with Crippen LogP contribution in [0.5, 0.6) is 0 Å². The number of aryl methyl sites for hydroxylation is 2. The van der Waals surface area contributed by atoms with Gasteiger partial charge in [-0.2, -0.15) is 8.42 Å². The Balaban J connectivity index is 1.15. The van der Waals surface area contributed by atoms with Crippen LogP contribution < -0.4 is 18.9 Å². The van der Waals surface area contributed by atoms with Gasteiger partial charge >= 0.3 is 20.7 Å². The second-order valence-electron chi connectivity index (χ2n) is 9.76. The minimum absolute atomic E-state index is 0.0308. The van der Waals surface area contributed by atoms with E-state index >= 15 is 0 Å². The minimum atomic E-state index is -4.08. The first-order valence-electron chi connectivity index (χ1n) is 14.5. The van der Waals surface area contributed by atoms with Gasteiger partial charge < -0.3 is 9.80 Å². The van der Waals surface area contributed by atoms with Crippen molar-refractivity contribution in [2.75, 3.05) is 49.2 Å². The zero-order valence-electron chi connectivity index (χ0n) is 25.8. The smallest absolute Gasteiger partial charge is 0.372 e. The van der Waals surface area contributed by atoms with Crippen LogP contribution in [-0.4, -0.2) is 56.6 Å². The molecule has 0 bridgehead atoms. The third kappa shape index (κ3) is 10.7. The van der Waals surface area contributed by atoms with Crippen molar-refractivity contribution >= 4 is 66.5 Å². The summed E-state index contributed by atoms with van der Waals surface area (Å²) in [5.41, 5.74) is 3.47. The lowest BCUT2D eigenvalue weighted by Gasteiger charge is -2.23. The molecule has 0 amide bonds. The second-order valence-corrected chi connectivity index (χ2v) is 12.6. The number of azo groups is 2. The number of hydrogen-bond donors (Lipinski definition) is 0. The van der Waals surface area contributed by atoms with Crippen LogP contribution in [0.25, 0.3) is 0 Å². The van der Waals surface area contributed by atoms with Gasteiger partial charge in [-0.05, 0) is 84.0 Å². The molecular formula is C28H38N10O4S3+2. The van der Waals surface area contributed by atoms with E-state index in [1.165, 1.54) is 23.1 Å². The molecule has 2 heterocycles. The van der Waals surface area contributed by atoms with Crippen LogP contribution in [0.4, 0.5) is 33.0 Å². The first kappa shape index (κ1) is 34.1. The van der Waals surface area contributed by atoms with Gasteiger partial charge in [-0.3, -0.25) is 0 Å².